The molecule has 0 aromatic heterocycles. The minimum absolute atomic E-state index is 0.326. The van der Waals surface area contributed by atoms with Gasteiger partial charge in [0.1, 0.15) is 4.90 Å². The van der Waals surface area contributed by atoms with Crippen molar-refractivity contribution in [3.8, 4) is 0 Å². The second-order valence-electron chi connectivity index (χ2n) is 2.24. The largest absolute Gasteiger partial charge is 0.397 e. The summed E-state index contributed by atoms with van der Waals surface area (Å²) in [6, 6.07) is 2.21. The highest BCUT2D eigenvalue weighted by Gasteiger charge is 2.15. The zero-order valence-electron chi connectivity index (χ0n) is 6.09. The van der Waals surface area contributed by atoms with E-state index in [9.17, 15) is 12.3 Å². The highest BCUT2D eigenvalue weighted by Crippen LogP contribution is 2.31. The fourth-order valence-electron chi connectivity index (χ4n) is 0.702. The van der Waals surface area contributed by atoms with E-state index in [0.29, 0.717) is 14.6 Å². The van der Waals surface area contributed by atoms with Crippen molar-refractivity contribution in [3.63, 3.8) is 0 Å². The van der Waals surface area contributed by atoms with Crippen molar-refractivity contribution in [1.29, 1.82) is 0 Å². The summed E-state index contributed by atoms with van der Waals surface area (Å²) in [6.45, 7) is 0. The van der Waals surface area contributed by atoms with E-state index in [1.54, 1.807) is 0 Å². The Morgan fingerprint density at radius 2 is 1.62 bits per heavy atom. The molecule has 0 fully saturated rings. The summed E-state index contributed by atoms with van der Waals surface area (Å²) in [5, 5.41) is 0. The SMILES string of the molecule is Nc1c(Br)cc(S(=O)(=O)F)cc1Br. The van der Waals surface area contributed by atoms with Crippen LogP contribution in [0, 0.1) is 0 Å². The normalized spacial score (nSPS) is 11.6. The van der Waals surface area contributed by atoms with Crippen molar-refractivity contribution in [3.05, 3.63) is 21.1 Å². The van der Waals surface area contributed by atoms with Crippen molar-refractivity contribution < 1.29 is 12.3 Å². The number of nitrogens with two attached hydrogens (primary N) is 1. The monoisotopic (exact) mass is 331 g/mol. The second-order valence-corrected chi connectivity index (χ2v) is 5.29. The molecule has 0 atom stereocenters. The molecular formula is C6H4Br2FNO2S. The van der Waals surface area contributed by atoms with Crippen LogP contribution in [0.2, 0.25) is 0 Å². The summed E-state index contributed by atoms with van der Waals surface area (Å²) in [6.07, 6.45) is 0. The van der Waals surface area contributed by atoms with Crippen LogP contribution in [-0.4, -0.2) is 8.42 Å². The van der Waals surface area contributed by atoms with Gasteiger partial charge in [-0.15, -0.1) is 3.89 Å². The summed E-state index contributed by atoms with van der Waals surface area (Å²) >= 11 is 6.01. The molecule has 0 radical (unpaired) electrons. The Morgan fingerprint density at radius 3 is 1.92 bits per heavy atom. The maximum atomic E-state index is 12.5. The molecule has 3 nitrogen and oxygen atoms in total. The van der Waals surface area contributed by atoms with Crippen LogP contribution in [0.4, 0.5) is 9.57 Å². The van der Waals surface area contributed by atoms with Gasteiger partial charge in [-0.1, -0.05) is 0 Å². The zero-order chi connectivity index (χ0) is 10.2. The van der Waals surface area contributed by atoms with E-state index in [1.807, 2.05) is 0 Å². The number of hydrogen-bond acceptors (Lipinski definition) is 3. The average Bonchev–Trinajstić information content (AvgIpc) is 1.97. The lowest BCUT2D eigenvalue weighted by Crippen LogP contribution is -1.95. The zero-order valence-corrected chi connectivity index (χ0v) is 10.1. The van der Waals surface area contributed by atoms with Crippen LogP contribution in [0.5, 0.6) is 0 Å². The molecule has 0 spiro atoms. The Morgan fingerprint density at radius 1 is 1.23 bits per heavy atom. The molecule has 0 saturated carbocycles. The Balaban J connectivity index is 3.47. The molecule has 0 saturated heterocycles. The predicted molar refractivity (Wildman–Crippen MR) is 54.5 cm³/mol. The van der Waals surface area contributed by atoms with E-state index in [-0.39, 0.29) is 0 Å². The summed E-state index contributed by atoms with van der Waals surface area (Å²) in [5.41, 5.74) is 5.81. The number of nitrogen functional groups attached to an aromatic ring is 1. The quantitative estimate of drug-likeness (QED) is 0.634. The molecule has 0 aliphatic carbocycles. The molecule has 1 aromatic carbocycles. The Bertz CT molecular complexity index is 423. The maximum Gasteiger partial charge on any atom is 0.332 e. The highest BCUT2D eigenvalue weighted by molar-refractivity contribution is 9.11. The summed E-state index contributed by atoms with van der Waals surface area (Å²) in [5.74, 6) is 0. The molecule has 0 aliphatic heterocycles. The Labute approximate surface area is 91.6 Å². The average molecular weight is 333 g/mol. The molecule has 1 aromatic rings. The number of benzene rings is 1. The number of rotatable bonds is 1. The lowest BCUT2D eigenvalue weighted by molar-refractivity contribution is 0.552. The molecule has 0 heterocycles. The molecule has 0 unspecified atom stereocenters. The summed E-state index contributed by atoms with van der Waals surface area (Å²) < 4.78 is 34.2. The van der Waals surface area contributed by atoms with E-state index in [1.165, 1.54) is 0 Å². The van der Waals surface area contributed by atoms with Crippen LogP contribution in [0.15, 0.2) is 26.0 Å². The lowest BCUT2D eigenvalue weighted by Gasteiger charge is -2.02. The van der Waals surface area contributed by atoms with E-state index in [4.69, 9.17) is 5.73 Å². The van der Waals surface area contributed by atoms with Gasteiger partial charge in [-0.3, -0.25) is 0 Å². The molecule has 1 rings (SSSR count). The van der Waals surface area contributed by atoms with Crippen molar-refractivity contribution in [1.82, 2.24) is 0 Å². The smallest absolute Gasteiger partial charge is 0.332 e. The minimum atomic E-state index is -4.68. The van der Waals surface area contributed by atoms with Gasteiger partial charge in [0.05, 0.1) is 5.69 Å². The van der Waals surface area contributed by atoms with Crippen molar-refractivity contribution in [2.24, 2.45) is 0 Å². The highest BCUT2D eigenvalue weighted by atomic mass is 79.9. The van der Waals surface area contributed by atoms with Crippen LogP contribution in [-0.2, 0) is 10.2 Å². The van der Waals surface area contributed by atoms with E-state index in [2.05, 4.69) is 31.9 Å². The molecule has 0 amide bonds. The molecule has 0 bridgehead atoms. The van der Waals surface area contributed by atoms with E-state index in [0.717, 1.165) is 12.1 Å². The fourth-order valence-corrected chi connectivity index (χ4v) is 2.71. The maximum absolute atomic E-state index is 12.5. The molecular weight excluding hydrogens is 329 g/mol. The van der Waals surface area contributed by atoms with Crippen molar-refractivity contribution in [2.75, 3.05) is 5.73 Å². The standard InChI is InChI=1S/C6H4Br2FNO2S/c7-4-1-3(13(9,11)12)2-5(8)6(4)10/h1-2H,10H2. The molecule has 0 aliphatic rings. The van der Waals surface area contributed by atoms with Gasteiger partial charge < -0.3 is 5.73 Å². The van der Waals surface area contributed by atoms with Crippen molar-refractivity contribution >= 4 is 47.8 Å². The van der Waals surface area contributed by atoms with E-state index >= 15 is 0 Å². The minimum Gasteiger partial charge on any atom is -0.397 e. The third kappa shape index (κ3) is 2.41. The Kier molecular flexibility index (Phi) is 2.98. The first-order chi connectivity index (χ1) is 5.82. The third-order valence-corrected chi connectivity index (χ3v) is 3.45. The lowest BCUT2D eigenvalue weighted by atomic mass is 10.3. The number of halogens is 3. The third-order valence-electron chi connectivity index (χ3n) is 1.33. The van der Waals surface area contributed by atoms with Gasteiger partial charge in [0, 0.05) is 8.95 Å². The second kappa shape index (κ2) is 3.55. The van der Waals surface area contributed by atoms with Gasteiger partial charge in [0.15, 0.2) is 0 Å². The van der Waals surface area contributed by atoms with Gasteiger partial charge in [-0.25, -0.2) is 0 Å². The van der Waals surface area contributed by atoms with Gasteiger partial charge in [-0.2, -0.15) is 8.42 Å². The first-order valence-electron chi connectivity index (χ1n) is 3.01. The van der Waals surface area contributed by atoms with Gasteiger partial charge in [0.2, 0.25) is 0 Å². The van der Waals surface area contributed by atoms with Crippen LogP contribution in [0.1, 0.15) is 0 Å². The molecule has 13 heavy (non-hydrogen) atoms. The van der Waals surface area contributed by atoms with Crippen LogP contribution < -0.4 is 5.73 Å². The summed E-state index contributed by atoms with van der Waals surface area (Å²) in [4.78, 5) is -0.430. The van der Waals surface area contributed by atoms with Crippen LogP contribution >= 0.6 is 31.9 Å². The van der Waals surface area contributed by atoms with Gasteiger partial charge >= 0.3 is 10.2 Å². The number of hydrogen-bond donors (Lipinski definition) is 1. The Hall–Kier alpha value is -0.140. The van der Waals surface area contributed by atoms with Crippen molar-refractivity contribution in [2.45, 2.75) is 4.90 Å². The molecule has 2 N–H and O–H groups in total. The predicted octanol–water partition coefficient (Wildman–Crippen LogP) is 2.45. The number of anilines is 1. The van der Waals surface area contributed by atoms with E-state index < -0.39 is 15.1 Å². The first kappa shape index (κ1) is 10.9. The topological polar surface area (TPSA) is 60.2 Å². The fraction of sp³-hybridized carbons (Fsp3) is 0. The molecule has 72 valence electrons. The van der Waals surface area contributed by atoms with Gasteiger partial charge in [-0.05, 0) is 44.0 Å². The van der Waals surface area contributed by atoms with Crippen LogP contribution in [0.3, 0.4) is 0 Å². The first-order valence-corrected chi connectivity index (χ1v) is 5.98. The van der Waals surface area contributed by atoms with Gasteiger partial charge in [0.25, 0.3) is 0 Å². The summed E-state index contributed by atoms with van der Waals surface area (Å²) in [7, 11) is -4.68. The van der Waals surface area contributed by atoms with Crippen LogP contribution in [0.25, 0.3) is 0 Å². The molecule has 7 heteroatoms.